The normalized spacial score (nSPS) is 22.8. The van der Waals surface area contributed by atoms with Crippen LogP contribution < -0.4 is 0 Å². The molecule has 0 saturated carbocycles. The third-order valence-electron chi connectivity index (χ3n) is 4.44. The second kappa shape index (κ2) is 7.30. The van der Waals surface area contributed by atoms with Crippen LogP contribution in [-0.2, 0) is 9.47 Å². The Kier molecular flexibility index (Phi) is 5.52. The molecule has 3 rings (SSSR count). The van der Waals surface area contributed by atoms with E-state index in [9.17, 15) is 4.79 Å². The molecule has 0 aliphatic carbocycles. The fourth-order valence-corrected chi connectivity index (χ4v) is 5.12. The van der Waals surface area contributed by atoms with E-state index in [4.69, 9.17) is 14.5 Å². The molecule has 0 spiro atoms. The average Bonchev–Trinajstić information content (AvgIpc) is 3.12. The third kappa shape index (κ3) is 4.11. The Balaban J connectivity index is 1.83. The standard InChI is InChI=1S/C17H25BrN2O3S/c1-17(2,3)23-16(21)20-8-4-5-12(20)13-14(24-15(18)19-13)11-6-9-22-10-7-11/h11-12H,4-10H2,1-3H3. The van der Waals surface area contributed by atoms with Crippen LogP contribution in [-0.4, -0.2) is 41.3 Å². The van der Waals surface area contributed by atoms with Gasteiger partial charge in [-0.2, -0.15) is 0 Å². The van der Waals surface area contributed by atoms with Gasteiger partial charge in [0, 0.05) is 24.6 Å². The number of amides is 1. The van der Waals surface area contributed by atoms with Crippen LogP contribution in [0.5, 0.6) is 0 Å². The lowest BCUT2D eigenvalue weighted by Crippen LogP contribution is -2.36. The van der Waals surface area contributed by atoms with Crippen molar-refractivity contribution < 1.29 is 14.3 Å². The maximum absolute atomic E-state index is 12.6. The van der Waals surface area contributed by atoms with Gasteiger partial charge in [-0.25, -0.2) is 9.78 Å². The van der Waals surface area contributed by atoms with Crippen molar-refractivity contribution in [1.29, 1.82) is 0 Å². The monoisotopic (exact) mass is 416 g/mol. The summed E-state index contributed by atoms with van der Waals surface area (Å²) in [7, 11) is 0. The van der Waals surface area contributed by atoms with Gasteiger partial charge in [0.25, 0.3) is 0 Å². The summed E-state index contributed by atoms with van der Waals surface area (Å²) in [5, 5.41) is 0. The lowest BCUT2D eigenvalue weighted by Gasteiger charge is -2.29. The lowest BCUT2D eigenvalue weighted by molar-refractivity contribution is 0.0220. The molecule has 1 amide bonds. The molecular formula is C17H25BrN2O3S. The number of hydrogen-bond donors (Lipinski definition) is 0. The van der Waals surface area contributed by atoms with Gasteiger partial charge in [0.05, 0.1) is 11.7 Å². The van der Waals surface area contributed by atoms with E-state index in [0.29, 0.717) is 5.92 Å². The van der Waals surface area contributed by atoms with E-state index in [1.54, 1.807) is 11.3 Å². The Morgan fingerprint density at radius 1 is 1.33 bits per heavy atom. The molecule has 7 heteroatoms. The molecule has 0 bridgehead atoms. The van der Waals surface area contributed by atoms with Crippen molar-refractivity contribution in [2.45, 2.75) is 64.0 Å². The van der Waals surface area contributed by atoms with Crippen molar-refractivity contribution in [3.8, 4) is 0 Å². The van der Waals surface area contributed by atoms with Crippen LogP contribution in [0.3, 0.4) is 0 Å². The highest BCUT2D eigenvalue weighted by molar-refractivity contribution is 9.11. The molecular weight excluding hydrogens is 392 g/mol. The van der Waals surface area contributed by atoms with E-state index < -0.39 is 5.60 Å². The molecule has 3 heterocycles. The average molecular weight is 417 g/mol. The van der Waals surface area contributed by atoms with Crippen LogP contribution in [0, 0.1) is 0 Å². The molecule has 24 heavy (non-hydrogen) atoms. The smallest absolute Gasteiger partial charge is 0.410 e. The highest BCUT2D eigenvalue weighted by Crippen LogP contribution is 2.43. The predicted molar refractivity (Wildman–Crippen MR) is 97.5 cm³/mol. The number of nitrogens with zero attached hydrogens (tertiary/aromatic N) is 2. The summed E-state index contributed by atoms with van der Waals surface area (Å²) in [6.07, 6.45) is 3.77. The fraction of sp³-hybridized carbons (Fsp3) is 0.765. The minimum atomic E-state index is -0.476. The molecule has 1 aromatic heterocycles. The molecule has 1 aromatic rings. The van der Waals surface area contributed by atoms with E-state index in [2.05, 4.69) is 15.9 Å². The van der Waals surface area contributed by atoms with Crippen molar-refractivity contribution in [2.75, 3.05) is 19.8 Å². The summed E-state index contributed by atoms with van der Waals surface area (Å²) in [6.45, 7) is 8.07. The van der Waals surface area contributed by atoms with Crippen LogP contribution in [0.4, 0.5) is 4.79 Å². The Labute approximate surface area is 155 Å². The first-order valence-electron chi connectivity index (χ1n) is 8.58. The minimum Gasteiger partial charge on any atom is -0.444 e. The summed E-state index contributed by atoms with van der Waals surface area (Å²) in [4.78, 5) is 20.5. The Hall–Kier alpha value is -0.660. The molecule has 0 radical (unpaired) electrons. The minimum absolute atomic E-state index is 0.0280. The molecule has 1 atom stereocenters. The van der Waals surface area contributed by atoms with Crippen molar-refractivity contribution in [1.82, 2.24) is 9.88 Å². The number of carbonyl (C=O) groups is 1. The van der Waals surface area contributed by atoms with Gasteiger partial charge in [0.1, 0.15) is 5.60 Å². The number of carbonyl (C=O) groups excluding carboxylic acids is 1. The zero-order valence-corrected chi connectivity index (χ0v) is 16.9. The van der Waals surface area contributed by atoms with Gasteiger partial charge in [0.15, 0.2) is 3.92 Å². The topological polar surface area (TPSA) is 51.7 Å². The second-order valence-corrected chi connectivity index (χ2v) is 9.74. The number of aromatic nitrogens is 1. The van der Waals surface area contributed by atoms with Crippen molar-refractivity contribution in [3.63, 3.8) is 0 Å². The van der Waals surface area contributed by atoms with Crippen LogP contribution in [0.15, 0.2) is 3.92 Å². The number of thiazole rings is 1. The van der Waals surface area contributed by atoms with Crippen molar-refractivity contribution in [3.05, 3.63) is 14.5 Å². The van der Waals surface area contributed by atoms with Gasteiger partial charge in [0.2, 0.25) is 0 Å². The maximum atomic E-state index is 12.6. The molecule has 2 aliphatic rings. The van der Waals surface area contributed by atoms with E-state index in [1.807, 2.05) is 25.7 Å². The van der Waals surface area contributed by atoms with Gasteiger partial charge in [-0.15, -0.1) is 11.3 Å². The summed E-state index contributed by atoms with van der Waals surface area (Å²) < 4.78 is 12.0. The Morgan fingerprint density at radius 2 is 2.04 bits per heavy atom. The third-order valence-corrected chi connectivity index (χ3v) is 6.13. The van der Waals surface area contributed by atoms with E-state index in [-0.39, 0.29) is 12.1 Å². The summed E-state index contributed by atoms with van der Waals surface area (Å²) in [5.41, 5.74) is 0.582. The lowest BCUT2D eigenvalue weighted by atomic mass is 9.95. The highest BCUT2D eigenvalue weighted by atomic mass is 79.9. The number of hydrogen-bond acceptors (Lipinski definition) is 5. The van der Waals surface area contributed by atoms with E-state index >= 15 is 0 Å². The quantitative estimate of drug-likeness (QED) is 0.689. The van der Waals surface area contributed by atoms with Crippen molar-refractivity contribution >= 4 is 33.4 Å². The number of halogens is 1. The SMILES string of the molecule is CC(C)(C)OC(=O)N1CCCC1c1nc(Br)sc1C1CCOCC1. The second-order valence-electron chi connectivity index (χ2n) is 7.43. The Bertz CT molecular complexity index is 593. The van der Waals surface area contributed by atoms with Crippen LogP contribution in [0.1, 0.15) is 69.0 Å². The first-order chi connectivity index (χ1) is 11.3. The zero-order valence-electron chi connectivity index (χ0n) is 14.5. The van der Waals surface area contributed by atoms with Gasteiger partial charge in [-0.3, -0.25) is 4.90 Å². The summed E-state index contributed by atoms with van der Waals surface area (Å²) in [6, 6.07) is 0.0280. The molecule has 2 aliphatic heterocycles. The number of likely N-dealkylation sites (tertiary alicyclic amines) is 1. The molecule has 0 N–H and O–H groups in total. The van der Waals surface area contributed by atoms with Crippen LogP contribution >= 0.6 is 27.3 Å². The predicted octanol–water partition coefficient (Wildman–Crippen LogP) is 4.87. The zero-order chi connectivity index (χ0) is 17.3. The van der Waals surface area contributed by atoms with Gasteiger partial charge in [-0.05, 0) is 68.3 Å². The molecule has 134 valence electrons. The molecule has 5 nitrogen and oxygen atoms in total. The van der Waals surface area contributed by atoms with Crippen molar-refractivity contribution in [2.24, 2.45) is 0 Å². The molecule has 0 aromatic carbocycles. The van der Waals surface area contributed by atoms with Gasteiger partial charge < -0.3 is 9.47 Å². The number of ether oxygens (including phenoxy) is 2. The Morgan fingerprint density at radius 3 is 2.71 bits per heavy atom. The summed E-state index contributed by atoms with van der Waals surface area (Å²) in [5.74, 6) is 0.485. The van der Waals surface area contributed by atoms with Gasteiger partial charge >= 0.3 is 6.09 Å². The summed E-state index contributed by atoms with van der Waals surface area (Å²) >= 11 is 5.25. The fourth-order valence-electron chi connectivity index (χ4n) is 3.40. The maximum Gasteiger partial charge on any atom is 0.410 e. The first-order valence-corrected chi connectivity index (χ1v) is 10.2. The number of rotatable bonds is 2. The van der Waals surface area contributed by atoms with Crippen LogP contribution in [0.2, 0.25) is 0 Å². The molecule has 2 saturated heterocycles. The van der Waals surface area contributed by atoms with Gasteiger partial charge in [-0.1, -0.05) is 0 Å². The van der Waals surface area contributed by atoms with E-state index in [1.165, 1.54) is 4.88 Å². The first kappa shape index (κ1) is 18.1. The highest BCUT2D eigenvalue weighted by Gasteiger charge is 2.37. The molecule has 1 unspecified atom stereocenters. The molecule has 2 fully saturated rings. The largest absolute Gasteiger partial charge is 0.444 e. The van der Waals surface area contributed by atoms with E-state index in [0.717, 1.165) is 55.1 Å². The van der Waals surface area contributed by atoms with Crippen LogP contribution in [0.25, 0.3) is 0 Å².